The Morgan fingerprint density at radius 2 is 2.18 bits per heavy atom. The molecule has 0 amide bonds. The summed E-state index contributed by atoms with van der Waals surface area (Å²) in [4.78, 5) is 0.290. The molecule has 0 aliphatic heterocycles. The second-order valence-electron chi connectivity index (χ2n) is 3.68. The van der Waals surface area contributed by atoms with Crippen molar-refractivity contribution in [3.63, 3.8) is 0 Å². The largest absolute Gasteiger partial charge is 0.492 e. The maximum absolute atomic E-state index is 5.95. The number of unbranched alkanes of at least 4 members (excludes halogenated alkanes) is 2. The fourth-order valence-electron chi connectivity index (χ4n) is 1.42. The average molecular weight is 337 g/mol. The smallest absolute Gasteiger partial charge is 0.143 e. The molecule has 5 heteroatoms. The fraction of sp³-hybridized carbons (Fsp3) is 0.417. The molecule has 0 saturated heterocycles. The molecule has 0 radical (unpaired) electrons. The molecule has 0 heterocycles. The molecule has 0 aliphatic rings. The molecule has 1 aromatic rings. The molecule has 0 spiro atoms. The highest BCUT2D eigenvalue weighted by Crippen LogP contribution is 2.32. The zero-order valence-corrected chi connectivity index (χ0v) is 12.8. The van der Waals surface area contributed by atoms with Gasteiger partial charge >= 0.3 is 0 Å². The third kappa shape index (κ3) is 4.45. The van der Waals surface area contributed by atoms with E-state index in [0.29, 0.717) is 27.9 Å². The highest BCUT2D eigenvalue weighted by atomic mass is 79.9. The van der Waals surface area contributed by atoms with E-state index in [4.69, 9.17) is 34.3 Å². The van der Waals surface area contributed by atoms with E-state index in [2.05, 4.69) is 22.9 Å². The van der Waals surface area contributed by atoms with Crippen LogP contribution in [0.5, 0.6) is 5.75 Å². The molecule has 0 atom stereocenters. The summed E-state index contributed by atoms with van der Waals surface area (Å²) >= 11 is 14.3. The number of rotatable bonds is 6. The first-order chi connectivity index (χ1) is 8.06. The van der Waals surface area contributed by atoms with Crippen LogP contribution < -0.4 is 10.5 Å². The van der Waals surface area contributed by atoms with Crippen molar-refractivity contribution in [3.8, 4) is 5.75 Å². The van der Waals surface area contributed by atoms with E-state index in [9.17, 15) is 0 Å². The van der Waals surface area contributed by atoms with Crippen LogP contribution in [0, 0.1) is 0 Å². The Labute approximate surface area is 121 Å². The Morgan fingerprint density at radius 1 is 1.47 bits per heavy atom. The van der Waals surface area contributed by atoms with Crippen LogP contribution >= 0.6 is 39.7 Å². The number of halogens is 2. The van der Waals surface area contributed by atoms with Gasteiger partial charge in [-0.05, 0) is 34.5 Å². The van der Waals surface area contributed by atoms with Crippen LogP contribution in [0.1, 0.15) is 31.7 Å². The first-order valence-electron chi connectivity index (χ1n) is 5.48. The van der Waals surface area contributed by atoms with Gasteiger partial charge in [-0.15, -0.1) is 0 Å². The summed E-state index contributed by atoms with van der Waals surface area (Å²) in [5.41, 5.74) is 6.33. The molecule has 17 heavy (non-hydrogen) atoms. The third-order valence-corrected chi connectivity index (χ3v) is 3.30. The minimum absolute atomic E-state index is 0.290. The predicted octanol–water partition coefficient (Wildman–Crippen LogP) is 4.31. The average Bonchev–Trinajstić information content (AvgIpc) is 2.25. The molecule has 0 fully saturated rings. The van der Waals surface area contributed by atoms with Gasteiger partial charge in [0, 0.05) is 5.02 Å². The van der Waals surface area contributed by atoms with Gasteiger partial charge < -0.3 is 10.5 Å². The van der Waals surface area contributed by atoms with Gasteiger partial charge in [0.2, 0.25) is 0 Å². The number of hydrogen-bond donors (Lipinski definition) is 1. The summed E-state index contributed by atoms with van der Waals surface area (Å²) in [6.07, 6.45) is 3.32. The van der Waals surface area contributed by atoms with E-state index >= 15 is 0 Å². The topological polar surface area (TPSA) is 35.2 Å². The maximum Gasteiger partial charge on any atom is 0.143 e. The summed E-state index contributed by atoms with van der Waals surface area (Å²) < 4.78 is 6.50. The van der Waals surface area contributed by atoms with Gasteiger partial charge in [0.15, 0.2) is 0 Å². The first-order valence-corrected chi connectivity index (χ1v) is 7.05. The maximum atomic E-state index is 5.95. The van der Waals surface area contributed by atoms with E-state index in [1.807, 2.05) is 0 Å². The number of thiocarbonyl (C=S) groups is 1. The van der Waals surface area contributed by atoms with Gasteiger partial charge in [0.05, 0.1) is 16.6 Å². The van der Waals surface area contributed by atoms with Crippen molar-refractivity contribution in [2.45, 2.75) is 26.2 Å². The number of ether oxygens (including phenoxy) is 1. The zero-order valence-electron chi connectivity index (χ0n) is 9.63. The molecule has 0 aliphatic carbocycles. The Bertz CT molecular complexity index is 412. The molecule has 94 valence electrons. The lowest BCUT2D eigenvalue weighted by molar-refractivity contribution is 0.304. The highest BCUT2D eigenvalue weighted by Gasteiger charge is 2.12. The molecule has 1 aromatic carbocycles. The molecular formula is C12H15BrClNOS. The number of hydrogen-bond acceptors (Lipinski definition) is 2. The van der Waals surface area contributed by atoms with Crippen molar-refractivity contribution in [1.29, 1.82) is 0 Å². The van der Waals surface area contributed by atoms with Crippen molar-refractivity contribution < 1.29 is 4.74 Å². The van der Waals surface area contributed by atoms with Crippen LogP contribution in [-0.2, 0) is 0 Å². The minimum atomic E-state index is 0.290. The Morgan fingerprint density at radius 3 is 2.76 bits per heavy atom. The van der Waals surface area contributed by atoms with Crippen molar-refractivity contribution >= 4 is 44.7 Å². The van der Waals surface area contributed by atoms with Gasteiger partial charge in [-0.25, -0.2) is 0 Å². The van der Waals surface area contributed by atoms with E-state index in [1.54, 1.807) is 12.1 Å². The standard InChI is InChI=1S/C12H15BrClNOS/c1-2-3-4-5-16-11-9(12(15)17)6-8(14)7-10(11)13/h6-7H,2-5H2,1H3,(H2,15,17). The minimum Gasteiger partial charge on any atom is -0.492 e. The van der Waals surface area contributed by atoms with Gasteiger partial charge in [0.1, 0.15) is 10.7 Å². The van der Waals surface area contributed by atoms with Crippen LogP contribution in [-0.4, -0.2) is 11.6 Å². The summed E-state index contributed by atoms with van der Waals surface area (Å²) in [7, 11) is 0. The lowest BCUT2D eigenvalue weighted by atomic mass is 10.2. The van der Waals surface area contributed by atoms with E-state index in [-0.39, 0.29) is 0 Å². The van der Waals surface area contributed by atoms with Crippen molar-refractivity contribution in [3.05, 3.63) is 27.2 Å². The van der Waals surface area contributed by atoms with Gasteiger partial charge in [0.25, 0.3) is 0 Å². The predicted molar refractivity (Wildman–Crippen MR) is 80.1 cm³/mol. The van der Waals surface area contributed by atoms with E-state index in [1.165, 1.54) is 0 Å². The van der Waals surface area contributed by atoms with E-state index < -0.39 is 0 Å². The SMILES string of the molecule is CCCCCOc1c(Br)cc(Cl)cc1C(N)=S. The summed E-state index contributed by atoms with van der Waals surface area (Å²) in [6, 6.07) is 3.50. The van der Waals surface area contributed by atoms with Crippen molar-refractivity contribution in [2.24, 2.45) is 5.73 Å². The van der Waals surface area contributed by atoms with Gasteiger partial charge in [-0.2, -0.15) is 0 Å². The quantitative estimate of drug-likeness (QED) is 0.621. The summed E-state index contributed by atoms with van der Waals surface area (Å²) in [5, 5.41) is 0.584. The fourth-order valence-corrected chi connectivity index (χ4v) is 2.49. The normalized spacial score (nSPS) is 10.3. The molecule has 2 N–H and O–H groups in total. The van der Waals surface area contributed by atoms with Gasteiger partial charge in [-0.3, -0.25) is 0 Å². The van der Waals surface area contributed by atoms with Gasteiger partial charge in [-0.1, -0.05) is 43.6 Å². The van der Waals surface area contributed by atoms with Crippen LogP contribution in [0.25, 0.3) is 0 Å². The molecule has 0 unspecified atom stereocenters. The lowest BCUT2D eigenvalue weighted by Crippen LogP contribution is -2.12. The van der Waals surface area contributed by atoms with Crippen LogP contribution in [0.4, 0.5) is 0 Å². The Kier molecular flexibility index (Phi) is 6.23. The third-order valence-electron chi connectivity index (χ3n) is 2.27. The van der Waals surface area contributed by atoms with Crippen molar-refractivity contribution in [1.82, 2.24) is 0 Å². The molecule has 2 nitrogen and oxygen atoms in total. The first kappa shape index (κ1) is 14.7. The second-order valence-corrected chi connectivity index (χ2v) is 5.41. The Hall–Kier alpha value is -0.320. The highest BCUT2D eigenvalue weighted by molar-refractivity contribution is 9.10. The second kappa shape index (κ2) is 7.19. The molecule has 0 saturated carbocycles. The summed E-state index contributed by atoms with van der Waals surface area (Å²) in [5.74, 6) is 0.679. The van der Waals surface area contributed by atoms with Crippen molar-refractivity contribution in [2.75, 3.05) is 6.61 Å². The number of nitrogens with two attached hydrogens (primary N) is 1. The van der Waals surface area contributed by atoms with Crippen LogP contribution in [0.3, 0.4) is 0 Å². The Balaban J connectivity index is 2.85. The van der Waals surface area contributed by atoms with E-state index in [0.717, 1.165) is 23.7 Å². The van der Waals surface area contributed by atoms with Crippen LogP contribution in [0.15, 0.2) is 16.6 Å². The number of benzene rings is 1. The lowest BCUT2D eigenvalue weighted by Gasteiger charge is -2.13. The molecule has 1 rings (SSSR count). The van der Waals surface area contributed by atoms with Crippen LogP contribution in [0.2, 0.25) is 5.02 Å². The molecular weight excluding hydrogens is 322 g/mol. The summed E-state index contributed by atoms with van der Waals surface area (Å²) in [6.45, 7) is 2.81. The molecule has 0 bridgehead atoms. The zero-order chi connectivity index (χ0) is 12.8. The monoisotopic (exact) mass is 335 g/mol. The molecule has 0 aromatic heterocycles.